The van der Waals surface area contributed by atoms with Crippen LogP contribution in [0.1, 0.15) is 37.9 Å². The second-order valence-electron chi connectivity index (χ2n) is 5.38. The normalized spacial score (nSPS) is 18.7. The van der Waals surface area contributed by atoms with Gasteiger partial charge in [0.25, 0.3) is 0 Å². The van der Waals surface area contributed by atoms with E-state index in [2.05, 4.69) is 24.9 Å². The summed E-state index contributed by atoms with van der Waals surface area (Å²) in [5.41, 5.74) is 4.25. The minimum Gasteiger partial charge on any atom is -0.356 e. The Balaban J connectivity index is 2.37. The predicted molar refractivity (Wildman–Crippen MR) is 69.3 cm³/mol. The molecule has 0 bridgehead atoms. The van der Waals surface area contributed by atoms with Crippen LogP contribution >= 0.6 is 11.6 Å². The van der Waals surface area contributed by atoms with Gasteiger partial charge in [0.1, 0.15) is 0 Å². The topological polar surface area (TPSA) is 15.8 Å². The zero-order chi connectivity index (χ0) is 11.3. The first-order valence-corrected chi connectivity index (χ1v) is 6.27. The summed E-state index contributed by atoms with van der Waals surface area (Å²) in [5, 5.41) is 2.15. The Morgan fingerprint density at radius 2 is 2.12 bits per heavy atom. The molecule has 0 amide bonds. The standard InChI is InChI=1S/C14H16ClN/c1-14(2)8-4-6-10-9-5-3-7-11(15)12(9)16-13(10)14/h3,5,7,16H,4,6,8H2,1-2H3. The molecular formula is C14H16ClN. The van der Waals surface area contributed by atoms with Crippen molar-refractivity contribution in [3.05, 3.63) is 34.5 Å². The molecule has 0 saturated carbocycles. The second kappa shape index (κ2) is 3.27. The molecule has 2 heteroatoms. The highest BCUT2D eigenvalue weighted by Crippen LogP contribution is 2.41. The second-order valence-corrected chi connectivity index (χ2v) is 5.79. The summed E-state index contributed by atoms with van der Waals surface area (Å²) in [6, 6.07) is 6.18. The van der Waals surface area contributed by atoms with Gasteiger partial charge in [-0.15, -0.1) is 0 Å². The number of halogens is 1. The zero-order valence-corrected chi connectivity index (χ0v) is 10.5. The maximum absolute atomic E-state index is 6.24. The number of fused-ring (bicyclic) bond motifs is 3. The van der Waals surface area contributed by atoms with E-state index in [1.54, 1.807) is 0 Å². The van der Waals surface area contributed by atoms with E-state index in [1.807, 2.05) is 12.1 Å². The van der Waals surface area contributed by atoms with Gasteiger partial charge in [-0.3, -0.25) is 0 Å². The van der Waals surface area contributed by atoms with Gasteiger partial charge in [0, 0.05) is 16.5 Å². The summed E-state index contributed by atoms with van der Waals surface area (Å²) in [4.78, 5) is 3.54. The van der Waals surface area contributed by atoms with Gasteiger partial charge in [-0.05, 0) is 30.9 Å². The molecule has 0 radical (unpaired) electrons. The van der Waals surface area contributed by atoms with Crippen LogP contribution in [0.25, 0.3) is 10.9 Å². The number of aryl methyl sites for hydroxylation is 1. The SMILES string of the molecule is CC1(C)CCCc2c1[nH]c1c(Cl)cccc21. The number of nitrogens with one attached hydrogen (secondary N) is 1. The predicted octanol–water partition coefficient (Wildman–Crippen LogP) is 4.44. The van der Waals surface area contributed by atoms with Crippen molar-refractivity contribution in [1.29, 1.82) is 0 Å². The summed E-state index contributed by atoms with van der Waals surface area (Å²) >= 11 is 6.24. The number of aromatic nitrogens is 1. The molecule has 1 aromatic heterocycles. The number of para-hydroxylation sites is 1. The number of hydrogen-bond donors (Lipinski definition) is 1. The quantitative estimate of drug-likeness (QED) is 0.693. The van der Waals surface area contributed by atoms with Crippen LogP contribution in [0.4, 0.5) is 0 Å². The molecule has 0 aliphatic heterocycles. The fourth-order valence-electron chi connectivity index (χ4n) is 2.91. The van der Waals surface area contributed by atoms with Gasteiger partial charge in [-0.1, -0.05) is 37.6 Å². The van der Waals surface area contributed by atoms with E-state index in [-0.39, 0.29) is 5.41 Å². The first-order chi connectivity index (χ1) is 7.59. The van der Waals surface area contributed by atoms with E-state index >= 15 is 0 Å². The van der Waals surface area contributed by atoms with Gasteiger partial charge in [0.05, 0.1) is 10.5 Å². The van der Waals surface area contributed by atoms with Crippen molar-refractivity contribution in [2.24, 2.45) is 0 Å². The van der Waals surface area contributed by atoms with E-state index < -0.39 is 0 Å². The molecular weight excluding hydrogens is 218 g/mol. The van der Waals surface area contributed by atoms with Gasteiger partial charge >= 0.3 is 0 Å². The lowest BCUT2D eigenvalue weighted by Gasteiger charge is -2.29. The van der Waals surface area contributed by atoms with Crippen molar-refractivity contribution in [1.82, 2.24) is 4.98 Å². The molecule has 0 unspecified atom stereocenters. The molecule has 2 aromatic rings. The molecule has 0 atom stereocenters. The van der Waals surface area contributed by atoms with Crippen LogP contribution in [0.2, 0.25) is 5.02 Å². The van der Waals surface area contributed by atoms with E-state index in [0.29, 0.717) is 0 Å². The van der Waals surface area contributed by atoms with Crippen LogP contribution in [0.5, 0.6) is 0 Å². The van der Waals surface area contributed by atoms with Gasteiger partial charge < -0.3 is 4.98 Å². The number of H-pyrrole nitrogens is 1. The third-order valence-electron chi connectivity index (χ3n) is 3.80. The maximum atomic E-state index is 6.24. The number of aromatic amines is 1. The minimum absolute atomic E-state index is 0.260. The number of benzene rings is 1. The highest BCUT2D eigenvalue weighted by Gasteiger charge is 2.30. The van der Waals surface area contributed by atoms with Gasteiger partial charge in [0.2, 0.25) is 0 Å². The first-order valence-electron chi connectivity index (χ1n) is 5.89. The largest absolute Gasteiger partial charge is 0.356 e. The van der Waals surface area contributed by atoms with Crippen LogP contribution in [-0.4, -0.2) is 4.98 Å². The molecule has 3 rings (SSSR count). The highest BCUT2D eigenvalue weighted by atomic mass is 35.5. The third-order valence-corrected chi connectivity index (χ3v) is 4.11. The summed E-state index contributed by atoms with van der Waals surface area (Å²) in [5.74, 6) is 0. The molecule has 0 saturated heterocycles. The monoisotopic (exact) mass is 233 g/mol. The lowest BCUT2D eigenvalue weighted by atomic mass is 9.76. The van der Waals surface area contributed by atoms with Gasteiger partial charge in [0.15, 0.2) is 0 Å². The van der Waals surface area contributed by atoms with Crippen molar-refractivity contribution < 1.29 is 0 Å². The molecule has 1 aliphatic rings. The smallest absolute Gasteiger partial charge is 0.0648 e. The Kier molecular flexibility index (Phi) is 2.09. The molecule has 1 aromatic carbocycles. The molecule has 0 fully saturated rings. The molecule has 0 spiro atoms. The van der Waals surface area contributed by atoms with Crippen LogP contribution in [0.3, 0.4) is 0 Å². The Bertz CT molecular complexity index is 551. The molecule has 1 heterocycles. The molecule has 1 aliphatic carbocycles. The van der Waals surface area contributed by atoms with Crippen LogP contribution in [-0.2, 0) is 11.8 Å². The van der Waals surface area contributed by atoms with Crippen molar-refractivity contribution in [2.75, 3.05) is 0 Å². The minimum atomic E-state index is 0.260. The third kappa shape index (κ3) is 1.31. The number of hydrogen-bond acceptors (Lipinski definition) is 0. The number of rotatable bonds is 0. The summed E-state index contributed by atoms with van der Waals surface area (Å²) in [6.45, 7) is 4.63. The van der Waals surface area contributed by atoms with E-state index in [0.717, 1.165) is 10.5 Å². The Morgan fingerprint density at radius 1 is 1.31 bits per heavy atom. The zero-order valence-electron chi connectivity index (χ0n) is 9.73. The Labute approximate surface area is 101 Å². The van der Waals surface area contributed by atoms with Gasteiger partial charge in [-0.25, -0.2) is 0 Å². The average molecular weight is 234 g/mol. The van der Waals surface area contributed by atoms with E-state index in [1.165, 1.54) is 35.9 Å². The van der Waals surface area contributed by atoms with Crippen LogP contribution in [0.15, 0.2) is 18.2 Å². The van der Waals surface area contributed by atoms with E-state index in [9.17, 15) is 0 Å². The summed E-state index contributed by atoms with van der Waals surface area (Å²) in [6.07, 6.45) is 3.71. The lowest BCUT2D eigenvalue weighted by Crippen LogP contribution is -2.23. The molecule has 1 nitrogen and oxygen atoms in total. The van der Waals surface area contributed by atoms with Crippen molar-refractivity contribution in [3.8, 4) is 0 Å². The Morgan fingerprint density at radius 3 is 2.94 bits per heavy atom. The summed E-state index contributed by atoms with van der Waals surface area (Å²) in [7, 11) is 0. The van der Waals surface area contributed by atoms with Crippen molar-refractivity contribution in [3.63, 3.8) is 0 Å². The fraction of sp³-hybridized carbons (Fsp3) is 0.429. The van der Waals surface area contributed by atoms with Crippen LogP contribution in [0, 0.1) is 0 Å². The van der Waals surface area contributed by atoms with Crippen molar-refractivity contribution in [2.45, 2.75) is 38.5 Å². The van der Waals surface area contributed by atoms with Crippen molar-refractivity contribution >= 4 is 22.5 Å². The lowest BCUT2D eigenvalue weighted by molar-refractivity contribution is 0.423. The van der Waals surface area contributed by atoms with Crippen LogP contribution < -0.4 is 0 Å². The Hall–Kier alpha value is -0.950. The summed E-state index contributed by atoms with van der Waals surface area (Å²) < 4.78 is 0. The highest BCUT2D eigenvalue weighted by molar-refractivity contribution is 6.35. The molecule has 84 valence electrons. The fourth-order valence-corrected chi connectivity index (χ4v) is 3.13. The van der Waals surface area contributed by atoms with Gasteiger partial charge in [-0.2, -0.15) is 0 Å². The molecule has 16 heavy (non-hydrogen) atoms. The molecule has 1 N–H and O–H groups in total. The first kappa shape index (κ1) is 10.2. The average Bonchev–Trinajstić information content (AvgIpc) is 2.60. The maximum Gasteiger partial charge on any atom is 0.0648 e. The van der Waals surface area contributed by atoms with E-state index in [4.69, 9.17) is 11.6 Å².